The summed E-state index contributed by atoms with van der Waals surface area (Å²) in [5.41, 5.74) is 8.60. The number of nitrogens with one attached hydrogen (secondary N) is 1. The van der Waals surface area contributed by atoms with Gasteiger partial charge >= 0.3 is 0 Å². The molecule has 4 nitrogen and oxygen atoms in total. The second-order valence-corrected chi connectivity index (χ2v) is 8.50. The molecule has 0 aliphatic heterocycles. The summed E-state index contributed by atoms with van der Waals surface area (Å²) in [4.78, 5) is 12.9. The van der Waals surface area contributed by atoms with Crippen molar-refractivity contribution in [3.8, 4) is 22.8 Å². The van der Waals surface area contributed by atoms with Crippen LogP contribution in [0, 0.1) is 0 Å². The van der Waals surface area contributed by atoms with Crippen molar-refractivity contribution in [2.75, 3.05) is 0 Å². The van der Waals surface area contributed by atoms with Crippen LogP contribution >= 0.6 is 0 Å². The monoisotopic (exact) mass is 452 g/mol. The van der Waals surface area contributed by atoms with Gasteiger partial charge in [0.1, 0.15) is 11.6 Å². The van der Waals surface area contributed by atoms with Gasteiger partial charge in [0, 0.05) is 17.7 Å². The Hall–Kier alpha value is -4.70. The highest BCUT2D eigenvalue weighted by molar-refractivity contribution is 5.82. The minimum atomic E-state index is 0.724. The molecular formula is C31H24N4. The van der Waals surface area contributed by atoms with Crippen molar-refractivity contribution in [3.05, 3.63) is 121 Å². The Kier molecular flexibility index (Phi) is 5.32. The lowest BCUT2D eigenvalue weighted by Gasteiger charge is -2.07. The molecule has 4 heteroatoms. The Morgan fingerprint density at radius 3 is 2.00 bits per heavy atom. The maximum absolute atomic E-state index is 4.86. The largest absolute Gasteiger partial charge is 0.338 e. The molecule has 0 fully saturated rings. The molecule has 0 radical (unpaired) electrons. The van der Waals surface area contributed by atoms with E-state index in [1.165, 1.54) is 0 Å². The van der Waals surface area contributed by atoms with E-state index in [-0.39, 0.29) is 0 Å². The summed E-state index contributed by atoms with van der Waals surface area (Å²) in [6, 6.07) is 33.3. The molecule has 6 rings (SSSR count). The summed E-state index contributed by atoms with van der Waals surface area (Å²) in [7, 11) is 0. The van der Waals surface area contributed by atoms with Crippen LogP contribution in [0.2, 0.25) is 0 Å². The van der Waals surface area contributed by atoms with Crippen LogP contribution in [0.3, 0.4) is 0 Å². The Bertz CT molecular complexity index is 1630. The summed E-state index contributed by atoms with van der Waals surface area (Å²) in [5.74, 6) is 1.85. The second kappa shape index (κ2) is 8.92. The predicted octanol–water partition coefficient (Wildman–Crippen LogP) is 7.60. The van der Waals surface area contributed by atoms with E-state index in [0.29, 0.717) is 0 Å². The van der Waals surface area contributed by atoms with E-state index < -0.39 is 0 Å². The van der Waals surface area contributed by atoms with Crippen LogP contribution in [0.15, 0.2) is 110 Å². The van der Waals surface area contributed by atoms with Gasteiger partial charge in [0.2, 0.25) is 0 Å². The highest BCUT2D eigenvalue weighted by Gasteiger charge is 2.11. The number of para-hydroxylation sites is 4. The normalized spacial score (nSPS) is 11.5. The number of imidazole rings is 2. The van der Waals surface area contributed by atoms with E-state index in [2.05, 4.69) is 93.9 Å². The standard InChI is InChI=1S/C31H24N4/c1-2-21-35-29-10-6-5-9-28(29)34-31(35)25-19-15-23(16-20-25)12-11-22-13-17-24(18-14-22)30-32-26-7-3-4-8-27(26)33-30/h2-20H,1,21H2,(H,32,33)/b12-11+. The Balaban J connectivity index is 1.21. The third-order valence-electron chi connectivity index (χ3n) is 6.18. The van der Waals surface area contributed by atoms with Crippen molar-refractivity contribution >= 4 is 34.2 Å². The zero-order chi connectivity index (χ0) is 23.6. The lowest BCUT2D eigenvalue weighted by atomic mass is 10.1. The van der Waals surface area contributed by atoms with Gasteiger partial charge in [-0.1, -0.05) is 91.0 Å². The Morgan fingerprint density at radius 1 is 0.686 bits per heavy atom. The molecule has 2 aromatic heterocycles. The van der Waals surface area contributed by atoms with Gasteiger partial charge in [0.25, 0.3) is 0 Å². The van der Waals surface area contributed by atoms with Crippen LogP contribution < -0.4 is 0 Å². The third kappa shape index (κ3) is 4.06. The molecule has 168 valence electrons. The average molecular weight is 453 g/mol. The molecular weight excluding hydrogens is 428 g/mol. The SMILES string of the molecule is C=CCn1c(-c2ccc(/C=C/c3ccc(-c4nc5ccccc5[nH]4)cc3)cc2)nc2ccccc21. The first-order valence-electron chi connectivity index (χ1n) is 11.7. The van der Waals surface area contributed by atoms with E-state index in [1.807, 2.05) is 42.5 Å². The average Bonchev–Trinajstić information content (AvgIpc) is 3.50. The molecule has 0 bridgehead atoms. The molecule has 0 amide bonds. The highest BCUT2D eigenvalue weighted by atomic mass is 15.1. The summed E-state index contributed by atoms with van der Waals surface area (Å²) in [6.45, 7) is 4.64. The predicted molar refractivity (Wildman–Crippen MR) is 146 cm³/mol. The maximum atomic E-state index is 4.86. The molecule has 2 heterocycles. The lowest BCUT2D eigenvalue weighted by Crippen LogP contribution is -1.98. The molecule has 0 spiro atoms. The number of nitrogens with zero attached hydrogens (tertiary/aromatic N) is 3. The molecule has 1 N–H and O–H groups in total. The van der Waals surface area contributed by atoms with Gasteiger partial charge in [-0.25, -0.2) is 9.97 Å². The minimum Gasteiger partial charge on any atom is -0.338 e. The quantitative estimate of drug-likeness (QED) is 0.209. The van der Waals surface area contributed by atoms with Crippen molar-refractivity contribution in [3.63, 3.8) is 0 Å². The van der Waals surface area contributed by atoms with E-state index in [4.69, 9.17) is 4.98 Å². The number of aromatic nitrogens is 4. The zero-order valence-corrected chi connectivity index (χ0v) is 19.2. The van der Waals surface area contributed by atoms with Gasteiger partial charge < -0.3 is 9.55 Å². The Morgan fingerprint density at radius 2 is 1.31 bits per heavy atom. The maximum Gasteiger partial charge on any atom is 0.141 e. The fourth-order valence-corrected chi connectivity index (χ4v) is 4.39. The number of benzene rings is 4. The summed E-state index contributed by atoms with van der Waals surface area (Å²) < 4.78 is 2.21. The van der Waals surface area contributed by atoms with Crippen LogP contribution in [0.5, 0.6) is 0 Å². The van der Waals surface area contributed by atoms with E-state index in [1.54, 1.807) is 0 Å². The van der Waals surface area contributed by atoms with E-state index in [0.717, 1.165) is 62.5 Å². The van der Waals surface area contributed by atoms with Crippen molar-refractivity contribution in [2.24, 2.45) is 0 Å². The molecule has 35 heavy (non-hydrogen) atoms. The van der Waals surface area contributed by atoms with Crippen molar-refractivity contribution in [2.45, 2.75) is 6.54 Å². The van der Waals surface area contributed by atoms with Gasteiger partial charge in [-0.3, -0.25) is 0 Å². The molecule has 0 unspecified atom stereocenters. The third-order valence-corrected chi connectivity index (χ3v) is 6.18. The summed E-state index contributed by atoms with van der Waals surface area (Å²) in [5, 5.41) is 0. The number of aromatic amines is 1. The molecule has 6 aromatic rings. The van der Waals surface area contributed by atoms with Gasteiger partial charge in [-0.2, -0.15) is 0 Å². The zero-order valence-electron chi connectivity index (χ0n) is 19.2. The molecule has 0 saturated carbocycles. The first-order chi connectivity index (χ1) is 17.3. The lowest BCUT2D eigenvalue weighted by molar-refractivity contribution is 0.862. The van der Waals surface area contributed by atoms with E-state index in [9.17, 15) is 0 Å². The first kappa shape index (κ1) is 20.9. The number of hydrogen-bond acceptors (Lipinski definition) is 2. The van der Waals surface area contributed by atoms with Crippen molar-refractivity contribution in [1.29, 1.82) is 0 Å². The number of rotatable bonds is 6. The summed E-state index contributed by atoms with van der Waals surface area (Å²) >= 11 is 0. The van der Waals surface area contributed by atoms with Crippen molar-refractivity contribution in [1.82, 2.24) is 19.5 Å². The van der Waals surface area contributed by atoms with Gasteiger partial charge in [-0.15, -0.1) is 6.58 Å². The molecule has 0 atom stereocenters. The van der Waals surface area contributed by atoms with Gasteiger partial charge in [0.15, 0.2) is 0 Å². The fraction of sp³-hybridized carbons (Fsp3) is 0.0323. The van der Waals surface area contributed by atoms with Crippen LogP contribution in [-0.2, 0) is 6.54 Å². The van der Waals surface area contributed by atoms with Crippen LogP contribution in [-0.4, -0.2) is 19.5 Å². The Labute approximate surface area is 203 Å². The molecule has 4 aromatic carbocycles. The minimum absolute atomic E-state index is 0.724. The smallest absolute Gasteiger partial charge is 0.141 e. The number of hydrogen-bond donors (Lipinski definition) is 1. The number of allylic oxidation sites excluding steroid dienone is 1. The topological polar surface area (TPSA) is 46.5 Å². The summed E-state index contributed by atoms with van der Waals surface area (Å²) in [6.07, 6.45) is 6.17. The van der Waals surface area contributed by atoms with E-state index >= 15 is 0 Å². The van der Waals surface area contributed by atoms with Gasteiger partial charge in [-0.05, 0) is 35.4 Å². The number of H-pyrrole nitrogens is 1. The van der Waals surface area contributed by atoms with Crippen LogP contribution in [0.1, 0.15) is 11.1 Å². The van der Waals surface area contributed by atoms with Crippen LogP contribution in [0.25, 0.3) is 57.0 Å². The highest BCUT2D eigenvalue weighted by Crippen LogP contribution is 2.26. The number of fused-ring (bicyclic) bond motifs is 2. The van der Waals surface area contributed by atoms with Crippen molar-refractivity contribution < 1.29 is 0 Å². The first-order valence-corrected chi connectivity index (χ1v) is 11.7. The van der Waals surface area contributed by atoms with Gasteiger partial charge in [0.05, 0.1) is 22.1 Å². The molecule has 0 saturated heterocycles. The second-order valence-electron chi connectivity index (χ2n) is 8.50. The molecule has 0 aliphatic rings. The van der Waals surface area contributed by atoms with Crippen LogP contribution in [0.4, 0.5) is 0 Å². The molecule has 0 aliphatic carbocycles. The fourth-order valence-electron chi connectivity index (χ4n) is 4.39.